The molecule has 0 atom stereocenters. The molecule has 0 amide bonds. The number of para-hydroxylation sites is 1. The normalized spacial score (nSPS) is 10.8. The summed E-state index contributed by atoms with van der Waals surface area (Å²) in [6.45, 7) is 1.90. The molecule has 21 heavy (non-hydrogen) atoms. The van der Waals surface area contributed by atoms with Crippen molar-refractivity contribution in [2.45, 2.75) is 13.3 Å². The number of aryl methyl sites for hydroxylation is 1. The van der Waals surface area contributed by atoms with Crippen molar-refractivity contribution in [2.75, 3.05) is 0 Å². The first-order valence-electron chi connectivity index (χ1n) is 6.63. The van der Waals surface area contributed by atoms with E-state index in [1.165, 1.54) is 0 Å². The molecular formula is C17H13BrN2O. The van der Waals surface area contributed by atoms with E-state index in [2.05, 4.69) is 25.9 Å². The van der Waals surface area contributed by atoms with Crippen LogP contribution >= 0.6 is 15.9 Å². The molecule has 0 radical (unpaired) electrons. The summed E-state index contributed by atoms with van der Waals surface area (Å²) < 4.78 is 0.906. The lowest BCUT2D eigenvalue weighted by atomic mass is 10.0. The number of halogens is 1. The molecule has 2 aromatic heterocycles. The Kier molecular flexibility index (Phi) is 3.80. The highest BCUT2D eigenvalue weighted by atomic mass is 79.9. The Morgan fingerprint density at radius 2 is 2.00 bits per heavy atom. The Balaban J connectivity index is 1.99. The van der Waals surface area contributed by atoms with Crippen molar-refractivity contribution in [1.29, 1.82) is 0 Å². The van der Waals surface area contributed by atoms with Crippen molar-refractivity contribution in [3.63, 3.8) is 0 Å². The van der Waals surface area contributed by atoms with Gasteiger partial charge in [-0.3, -0.25) is 14.8 Å². The van der Waals surface area contributed by atoms with Gasteiger partial charge in [0, 0.05) is 33.0 Å². The molecule has 3 rings (SSSR count). The first kappa shape index (κ1) is 13.9. The number of aromatic nitrogens is 2. The van der Waals surface area contributed by atoms with E-state index in [9.17, 15) is 4.79 Å². The van der Waals surface area contributed by atoms with Crippen LogP contribution < -0.4 is 0 Å². The van der Waals surface area contributed by atoms with E-state index in [0.717, 1.165) is 26.8 Å². The van der Waals surface area contributed by atoms with Crippen LogP contribution in [0.1, 0.15) is 21.7 Å². The maximum absolute atomic E-state index is 12.6. The van der Waals surface area contributed by atoms with Gasteiger partial charge in [-0.15, -0.1) is 0 Å². The number of Topliss-reactive ketones (excluding diaryl/α,β-unsaturated/α-hetero) is 1. The zero-order chi connectivity index (χ0) is 14.8. The lowest BCUT2D eigenvalue weighted by Crippen LogP contribution is -2.07. The van der Waals surface area contributed by atoms with Crippen LogP contribution in [0.5, 0.6) is 0 Å². The van der Waals surface area contributed by atoms with Crippen molar-refractivity contribution in [1.82, 2.24) is 9.97 Å². The summed E-state index contributed by atoms with van der Waals surface area (Å²) in [5, 5.41) is 0.894. The number of carbonyl (C=O) groups excluding carboxylic acids is 1. The Labute approximate surface area is 131 Å². The number of carbonyl (C=O) groups is 1. The number of pyridine rings is 2. The minimum absolute atomic E-state index is 0.0616. The molecule has 0 bridgehead atoms. The molecule has 0 fully saturated rings. The van der Waals surface area contributed by atoms with Gasteiger partial charge in [-0.1, -0.05) is 18.2 Å². The van der Waals surface area contributed by atoms with Crippen molar-refractivity contribution < 1.29 is 4.79 Å². The average molecular weight is 341 g/mol. The Bertz CT molecular complexity index is 813. The molecule has 1 aromatic carbocycles. The van der Waals surface area contributed by atoms with E-state index >= 15 is 0 Å². The summed E-state index contributed by atoms with van der Waals surface area (Å²) in [6, 6.07) is 13.3. The first-order chi connectivity index (χ1) is 10.1. The van der Waals surface area contributed by atoms with E-state index in [4.69, 9.17) is 0 Å². The number of benzene rings is 1. The quantitative estimate of drug-likeness (QED) is 0.673. The van der Waals surface area contributed by atoms with Crippen molar-refractivity contribution in [2.24, 2.45) is 0 Å². The van der Waals surface area contributed by atoms with Gasteiger partial charge in [-0.25, -0.2) is 0 Å². The summed E-state index contributed by atoms with van der Waals surface area (Å²) in [7, 11) is 0. The second kappa shape index (κ2) is 5.74. The minimum atomic E-state index is 0.0616. The number of hydrogen-bond donors (Lipinski definition) is 0. The molecular weight excluding hydrogens is 328 g/mol. The fraction of sp³-hybridized carbons (Fsp3) is 0.118. The SMILES string of the molecule is Cc1cc(C(=O)Cc2ccc(Br)cn2)c2ccccc2n1. The Hall–Kier alpha value is -2.07. The van der Waals surface area contributed by atoms with Gasteiger partial charge in [0.05, 0.1) is 11.9 Å². The average Bonchev–Trinajstić information content (AvgIpc) is 2.48. The van der Waals surface area contributed by atoms with Gasteiger partial charge in [-0.2, -0.15) is 0 Å². The van der Waals surface area contributed by atoms with Crippen molar-refractivity contribution >= 4 is 32.6 Å². The maximum atomic E-state index is 12.6. The van der Waals surface area contributed by atoms with Crippen LogP contribution in [0.2, 0.25) is 0 Å². The van der Waals surface area contributed by atoms with Crippen LogP contribution in [0, 0.1) is 6.92 Å². The molecule has 0 aliphatic rings. The summed E-state index contributed by atoms with van der Waals surface area (Å²) in [4.78, 5) is 21.3. The fourth-order valence-electron chi connectivity index (χ4n) is 2.31. The minimum Gasteiger partial charge on any atom is -0.294 e. The summed E-state index contributed by atoms with van der Waals surface area (Å²) in [5.74, 6) is 0.0616. The first-order valence-corrected chi connectivity index (χ1v) is 7.43. The zero-order valence-corrected chi connectivity index (χ0v) is 13.1. The molecule has 0 aliphatic carbocycles. The standard InChI is InChI=1S/C17H13BrN2O/c1-11-8-15(14-4-2-3-5-16(14)20-11)17(21)9-13-7-6-12(18)10-19-13/h2-8,10H,9H2,1H3. The molecule has 0 aliphatic heterocycles. The predicted octanol–water partition coefficient (Wildman–Crippen LogP) is 4.13. The molecule has 4 heteroatoms. The summed E-state index contributed by atoms with van der Waals surface area (Å²) in [6.07, 6.45) is 2.00. The van der Waals surface area contributed by atoms with Gasteiger partial charge in [0.2, 0.25) is 0 Å². The van der Waals surface area contributed by atoms with Crippen molar-refractivity contribution in [3.05, 3.63) is 70.1 Å². The molecule has 0 unspecified atom stereocenters. The molecule has 2 heterocycles. The lowest BCUT2D eigenvalue weighted by Gasteiger charge is -2.07. The van der Waals surface area contributed by atoms with Gasteiger partial charge >= 0.3 is 0 Å². The number of hydrogen-bond acceptors (Lipinski definition) is 3. The molecule has 0 N–H and O–H groups in total. The van der Waals surface area contributed by atoms with Gasteiger partial charge < -0.3 is 0 Å². The largest absolute Gasteiger partial charge is 0.294 e. The van der Waals surface area contributed by atoms with E-state index < -0.39 is 0 Å². The molecule has 104 valence electrons. The third-order valence-corrected chi connectivity index (χ3v) is 3.74. The van der Waals surface area contributed by atoms with Gasteiger partial charge in [0.15, 0.2) is 5.78 Å². The van der Waals surface area contributed by atoms with Crippen LogP contribution in [0.25, 0.3) is 10.9 Å². The highest BCUT2D eigenvalue weighted by Crippen LogP contribution is 2.20. The van der Waals surface area contributed by atoms with E-state index in [-0.39, 0.29) is 5.78 Å². The zero-order valence-electron chi connectivity index (χ0n) is 11.5. The third kappa shape index (κ3) is 3.00. The van der Waals surface area contributed by atoms with Crippen LogP contribution in [0.4, 0.5) is 0 Å². The number of rotatable bonds is 3. The monoisotopic (exact) mass is 340 g/mol. The molecule has 0 saturated carbocycles. The van der Waals surface area contributed by atoms with Gasteiger partial charge in [0.1, 0.15) is 0 Å². The van der Waals surface area contributed by atoms with E-state index in [1.54, 1.807) is 6.20 Å². The van der Waals surface area contributed by atoms with Crippen LogP contribution in [-0.4, -0.2) is 15.8 Å². The molecule has 3 aromatic rings. The van der Waals surface area contributed by atoms with Gasteiger partial charge in [-0.05, 0) is 47.1 Å². The highest BCUT2D eigenvalue weighted by molar-refractivity contribution is 9.10. The second-order valence-electron chi connectivity index (χ2n) is 4.90. The molecule has 0 spiro atoms. The molecule has 3 nitrogen and oxygen atoms in total. The van der Waals surface area contributed by atoms with Crippen LogP contribution in [0.15, 0.2) is 53.1 Å². The van der Waals surface area contributed by atoms with E-state index in [1.807, 2.05) is 49.4 Å². The lowest BCUT2D eigenvalue weighted by molar-refractivity contribution is 0.0993. The predicted molar refractivity (Wildman–Crippen MR) is 86.5 cm³/mol. The maximum Gasteiger partial charge on any atom is 0.169 e. The second-order valence-corrected chi connectivity index (χ2v) is 5.81. The topological polar surface area (TPSA) is 42.9 Å². The smallest absolute Gasteiger partial charge is 0.169 e. The van der Waals surface area contributed by atoms with Crippen molar-refractivity contribution in [3.8, 4) is 0 Å². The fourth-order valence-corrected chi connectivity index (χ4v) is 2.54. The van der Waals surface area contributed by atoms with Crippen LogP contribution in [0.3, 0.4) is 0 Å². The van der Waals surface area contributed by atoms with Gasteiger partial charge in [0.25, 0.3) is 0 Å². The van der Waals surface area contributed by atoms with Crippen LogP contribution in [-0.2, 0) is 6.42 Å². The number of ketones is 1. The molecule has 0 saturated heterocycles. The Morgan fingerprint density at radius 3 is 2.76 bits per heavy atom. The Morgan fingerprint density at radius 1 is 1.19 bits per heavy atom. The number of nitrogens with zero attached hydrogens (tertiary/aromatic N) is 2. The van der Waals surface area contributed by atoms with E-state index in [0.29, 0.717) is 12.0 Å². The number of fused-ring (bicyclic) bond motifs is 1. The third-order valence-electron chi connectivity index (χ3n) is 3.27. The summed E-state index contributed by atoms with van der Waals surface area (Å²) in [5.41, 5.74) is 3.18. The highest BCUT2D eigenvalue weighted by Gasteiger charge is 2.13. The summed E-state index contributed by atoms with van der Waals surface area (Å²) >= 11 is 3.34.